The van der Waals surface area contributed by atoms with Crippen LogP contribution in [0.3, 0.4) is 0 Å². The third-order valence-electron chi connectivity index (χ3n) is 8.25. The number of likely N-dealkylation sites (tertiary alicyclic amines) is 1. The summed E-state index contributed by atoms with van der Waals surface area (Å²) in [7, 11) is 0. The van der Waals surface area contributed by atoms with E-state index in [2.05, 4.69) is 43.4 Å². The van der Waals surface area contributed by atoms with Gasteiger partial charge >= 0.3 is 0 Å². The highest BCUT2D eigenvalue weighted by molar-refractivity contribution is 5.86. The summed E-state index contributed by atoms with van der Waals surface area (Å²) < 4.78 is 15.6. The van der Waals surface area contributed by atoms with Crippen LogP contribution in [-0.4, -0.2) is 53.5 Å². The normalized spacial score (nSPS) is 13.2. The van der Waals surface area contributed by atoms with E-state index < -0.39 is 0 Å². The molecule has 0 spiro atoms. The molecule has 0 unspecified atom stereocenters. The predicted molar refractivity (Wildman–Crippen MR) is 187 cm³/mol. The molecule has 0 saturated carbocycles. The maximum atomic E-state index is 13.7. The first kappa shape index (κ1) is 32.7. The Balaban J connectivity index is 0.00000205. The fourth-order valence-electron chi connectivity index (χ4n) is 5.90. The summed E-state index contributed by atoms with van der Waals surface area (Å²) in [5.74, 6) is 1.33. The van der Waals surface area contributed by atoms with Crippen molar-refractivity contribution in [2.75, 3.05) is 24.1 Å². The van der Waals surface area contributed by atoms with E-state index >= 15 is 0 Å². The Bertz CT molecular complexity index is 2160. The molecule has 1 fully saturated rings. The van der Waals surface area contributed by atoms with E-state index in [9.17, 15) is 9.65 Å². The van der Waals surface area contributed by atoms with Crippen LogP contribution >= 0.6 is 0 Å². The van der Waals surface area contributed by atoms with Crippen molar-refractivity contribution in [3.63, 3.8) is 0 Å². The molecule has 11 nitrogen and oxygen atoms in total. The number of pyridine rings is 2. The molecule has 12 heteroatoms. The van der Waals surface area contributed by atoms with Crippen LogP contribution in [0.1, 0.15) is 43.6 Å². The molecular formula is C37H34FN11. The van der Waals surface area contributed by atoms with Crippen molar-refractivity contribution >= 4 is 22.8 Å². The van der Waals surface area contributed by atoms with Crippen molar-refractivity contribution in [2.45, 2.75) is 39.3 Å². The Morgan fingerprint density at radius 2 is 1.65 bits per heavy atom. The monoisotopic (exact) mass is 651 g/mol. The number of piperidine rings is 1. The van der Waals surface area contributed by atoms with E-state index in [4.69, 9.17) is 21.0 Å². The van der Waals surface area contributed by atoms with Gasteiger partial charge in [0, 0.05) is 49.3 Å². The lowest BCUT2D eigenvalue weighted by molar-refractivity contribution is 0.211. The van der Waals surface area contributed by atoms with Crippen molar-refractivity contribution < 1.29 is 4.39 Å². The van der Waals surface area contributed by atoms with Crippen LogP contribution in [0.5, 0.6) is 0 Å². The largest absolute Gasteiger partial charge is 0.383 e. The summed E-state index contributed by atoms with van der Waals surface area (Å²) in [4.78, 5) is 24.7. The molecule has 6 aromatic rings. The fourth-order valence-corrected chi connectivity index (χ4v) is 5.90. The van der Waals surface area contributed by atoms with Crippen molar-refractivity contribution in [3.8, 4) is 40.5 Å². The van der Waals surface area contributed by atoms with Crippen LogP contribution in [0.15, 0.2) is 85.2 Å². The lowest BCUT2D eigenvalue weighted by Crippen LogP contribution is -2.38. The average Bonchev–Trinajstić information content (AvgIpc) is 3.51. The van der Waals surface area contributed by atoms with Gasteiger partial charge in [-0.25, -0.2) is 29.3 Å². The van der Waals surface area contributed by atoms with Crippen LogP contribution < -0.4 is 11.1 Å². The number of nitrogens with two attached hydrogens (primary N) is 1. The highest BCUT2D eigenvalue weighted by Crippen LogP contribution is 2.33. The maximum absolute atomic E-state index is 13.7. The van der Waals surface area contributed by atoms with Crippen LogP contribution in [0.25, 0.3) is 39.5 Å². The number of hydrogen-bond donors (Lipinski definition) is 2. The number of halogens is 1. The topological polar surface area (TPSA) is 158 Å². The number of aromatic nitrogens is 6. The highest BCUT2D eigenvalue weighted by atomic mass is 19.1. The second kappa shape index (κ2) is 14.7. The molecule has 0 aliphatic carbocycles. The minimum absolute atomic E-state index is 0.159. The minimum Gasteiger partial charge on any atom is -0.383 e. The van der Waals surface area contributed by atoms with E-state index in [0.29, 0.717) is 51.0 Å². The van der Waals surface area contributed by atoms with Gasteiger partial charge in [-0.3, -0.25) is 9.47 Å². The SMILES string of the molecule is CC.N#Cc1nccc(NC2CCN(Cc3ccc(-n4c(-c5cccnc5N)nc5cc(C#N)c(-c6ccc(F)cc6)nc54)cc3)CC2)n1. The predicted octanol–water partition coefficient (Wildman–Crippen LogP) is 6.51. The molecule has 4 aromatic heterocycles. The summed E-state index contributed by atoms with van der Waals surface area (Å²) in [6.45, 7) is 6.64. The standard InChI is InChI=1S/C35H28FN11.C2H6/c36-25-7-5-23(6-8-25)32-24(19-37)18-29-35(45-32)47(34(43-29)28-2-1-14-41-33(28)39)27-9-3-22(4-10-27)21-46-16-12-26(13-17-46)42-30-11-15-40-31(20-38)44-30;1-2/h1-11,14-15,18,26H,12-13,16-17,21H2,(H2,39,41)(H,40,42,44);1-2H3. The Morgan fingerprint density at radius 3 is 2.35 bits per heavy atom. The number of benzene rings is 2. The van der Waals surface area contributed by atoms with Gasteiger partial charge in [0.2, 0.25) is 5.82 Å². The van der Waals surface area contributed by atoms with Gasteiger partial charge in [-0.1, -0.05) is 26.0 Å². The highest BCUT2D eigenvalue weighted by Gasteiger charge is 2.22. The van der Waals surface area contributed by atoms with E-state index in [1.807, 2.05) is 42.7 Å². The number of nitrogen functional groups attached to an aromatic ring is 1. The zero-order valence-electron chi connectivity index (χ0n) is 27.2. The molecule has 244 valence electrons. The van der Waals surface area contributed by atoms with Crippen molar-refractivity contribution in [3.05, 3.63) is 108 Å². The van der Waals surface area contributed by atoms with Gasteiger partial charge in [0.05, 0.1) is 16.8 Å². The Hall–Kier alpha value is -6.24. The molecule has 0 bridgehead atoms. The molecule has 1 aliphatic rings. The van der Waals surface area contributed by atoms with Gasteiger partial charge < -0.3 is 11.1 Å². The summed E-state index contributed by atoms with van der Waals surface area (Å²) in [6, 6.07) is 25.8. The van der Waals surface area contributed by atoms with Crippen molar-refractivity contribution in [1.29, 1.82) is 10.5 Å². The lowest BCUT2D eigenvalue weighted by atomic mass is 10.0. The van der Waals surface area contributed by atoms with Crippen molar-refractivity contribution in [1.82, 2.24) is 34.4 Å². The summed E-state index contributed by atoms with van der Waals surface area (Å²) in [5.41, 5.74) is 11.4. The molecule has 3 N–H and O–H groups in total. The second-order valence-electron chi connectivity index (χ2n) is 11.3. The number of nitriles is 2. The van der Waals surface area contributed by atoms with Crippen LogP contribution in [0.4, 0.5) is 16.0 Å². The molecule has 0 atom stereocenters. The van der Waals surface area contributed by atoms with E-state index in [1.54, 1.807) is 42.7 Å². The van der Waals surface area contributed by atoms with Crippen molar-refractivity contribution in [2.24, 2.45) is 0 Å². The fraction of sp³-hybridized carbons (Fsp3) is 0.216. The molecule has 5 heterocycles. The van der Waals surface area contributed by atoms with Gasteiger partial charge in [0.1, 0.15) is 35.1 Å². The number of rotatable bonds is 7. The van der Waals surface area contributed by atoms with Crippen LogP contribution in [0.2, 0.25) is 0 Å². The van der Waals surface area contributed by atoms with E-state index in [1.165, 1.54) is 12.1 Å². The van der Waals surface area contributed by atoms with Crippen LogP contribution in [-0.2, 0) is 6.54 Å². The number of anilines is 2. The number of imidazole rings is 1. The third kappa shape index (κ3) is 7.05. The molecule has 7 rings (SSSR count). The van der Waals surface area contributed by atoms with Gasteiger partial charge in [0.15, 0.2) is 11.5 Å². The number of hydrogen-bond acceptors (Lipinski definition) is 10. The smallest absolute Gasteiger partial charge is 0.234 e. The number of fused-ring (bicyclic) bond motifs is 1. The average molecular weight is 652 g/mol. The molecule has 1 aliphatic heterocycles. The second-order valence-corrected chi connectivity index (χ2v) is 11.3. The van der Waals surface area contributed by atoms with E-state index in [0.717, 1.165) is 43.7 Å². The molecule has 49 heavy (non-hydrogen) atoms. The molecule has 2 aromatic carbocycles. The van der Waals surface area contributed by atoms with Crippen LogP contribution in [0, 0.1) is 28.5 Å². The number of nitrogens with zero attached hydrogens (tertiary/aromatic N) is 9. The Kier molecular flexibility index (Phi) is 9.79. The number of nitrogens with one attached hydrogen (secondary N) is 1. The first-order valence-electron chi connectivity index (χ1n) is 16.1. The molecule has 1 saturated heterocycles. The summed E-state index contributed by atoms with van der Waals surface area (Å²) in [5, 5.41) is 22.5. The Morgan fingerprint density at radius 1 is 0.898 bits per heavy atom. The molecule has 0 amide bonds. The Labute approximate surface area is 283 Å². The van der Waals surface area contributed by atoms with Gasteiger partial charge in [-0.05, 0) is 79.1 Å². The first-order chi connectivity index (χ1) is 24.0. The van der Waals surface area contributed by atoms with Gasteiger partial charge in [-0.15, -0.1) is 0 Å². The quantitative estimate of drug-likeness (QED) is 0.195. The first-order valence-corrected chi connectivity index (χ1v) is 16.1. The summed E-state index contributed by atoms with van der Waals surface area (Å²) in [6.07, 6.45) is 5.12. The zero-order valence-corrected chi connectivity index (χ0v) is 27.2. The molecule has 0 radical (unpaired) electrons. The summed E-state index contributed by atoms with van der Waals surface area (Å²) >= 11 is 0. The van der Waals surface area contributed by atoms with Gasteiger partial charge in [0.25, 0.3) is 0 Å². The zero-order chi connectivity index (χ0) is 34.3. The van der Waals surface area contributed by atoms with Gasteiger partial charge in [-0.2, -0.15) is 10.5 Å². The maximum Gasteiger partial charge on any atom is 0.234 e. The third-order valence-corrected chi connectivity index (χ3v) is 8.25. The lowest BCUT2D eigenvalue weighted by Gasteiger charge is -2.32. The minimum atomic E-state index is -0.369. The van der Waals surface area contributed by atoms with E-state index in [-0.39, 0.29) is 17.7 Å². The molecular weight excluding hydrogens is 617 g/mol.